The van der Waals surface area contributed by atoms with Crippen molar-refractivity contribution in [2.75, 3.05) is 19.8 Å². The van der Waals surface area contributed by atoms with Gasteiger partial charge in [-0.1, -0.05) is 43.1 Å². The van der Waals surface area contributed by atoms with Crippen LogP contribution in [0, 0.1) is 0 Å². The van der Waals surface area contributed by atoms with E-state index in [4.69, 9.17) is 26.8 Å². The van der Waals surface area contributed by atoms with E-state index in [-0.39, 0.29) is 12.1 Å². The third-order valence-corrected chi connectivity index (χ3v) is 3.20. The summed E-state index contributed by atoms with van der Waals surface area (Å²) in [7, 11) is 0. The molecule has 1 aromatic carbocycles. The van der Waals surface area contributed by atoms with Crippen LogP contribution >= 0.6 is 11.6 Å². The number of rotatable bonds is 9. The lowest BCUT2D eigenvalue weighted by atomic mass is 10.0. The second-order valence-corrected chi connectivity index (χ2v) is 5.05. The molecule has 2 atom stereocenters. The van der Waals surface area contributed by atoms with E-state index in [1.54, 1.807) is 0 Å². The molecule has 1 rings (SSSR count). The Labute approximate surface area is 121 Å². The number of hydrogen-bond acceptors (Lipinski definition) is 3. The van der Waals surface area contributed by atoms with Gasteiger partial charge in [0, 0.05) is 23.2 Å². The molecule has 0 aliphatic heterocycles. The van der Waals surface area contributed by atoms with Crippen LogP contribution in [0.4, 0.5) is 0 Å². The molecule has 108 valence electrons. The van der Waals surface area contributed by atoms with Gasteiger partial charge in [0.1, 0.15) is 0 Å². The lowest BCUT2D eigenvalue weighted by Crippen LogP contribution is -2.28. The summed E-state index contributed by atoms with van der Waals surface area (Å²) in [4.78, 5) is 0. The van der Waals surface area contributed by atoms with Crippen molar-refractivity contribution in [1.82, 2.24) is 0 Å². The highest BCUT2D eigenvalue weighted by atomic mass is 35.5. The molecular weight excluding hydrogens is 262 g/mol. The van der Waals surface area contributed by atoms with E-state index in [0.717, 1.165) is 25.0 Å². The normalized spacial score (nSPS) is 14.3. The molecule has 0 aromatic heterocycles. The Bertz CT molecular complexity index is 358. The molecule has 0 heterocycles. The molecule has 0 radical (unpaired) electrons. The second-order valence-electron chi connectivity index (χ2n) is 4.64. The van der Waals surface area contributed by atoms with Crippen molar-refractivity contribution in [3.63, 3.8) is 0 Å². The predicted molar refractivity (Wildman–Crippen MR) is 79.5 cm³/mol. The van der Waals surface area contributed by atoms with Gasteiger partial charge in [-0.15, -0.1) is 0 Å². The number of hydrogen-bond donors (Lipinski definition) is 1. The van der Waals surface area contributed by atoms with Gasteiger partial charge in [0.25, 0.3) is 0 Å². The molecule has 4 heteroatoms. The first-order valence-corrected chi connectivity index (χ1v) is 7.24. The molecule has 0 saturated heterocycles. The first-order chi connectivity index (χ1) is 9.16. The number of unbranched alkanes of at least 4 members (excludes halogenated alkanes) is 1. The molecule has 0 saturated carbocycles. The fraction of sp³-hybridized carbons (Fsp3) is 0.600. The van der Waals surface area contributed by atoms with Gasteiger partial charge < -0.3 is 15.2 Å². The van der Waals surface area contributed by atoms with Crippen LogP contribution in [0.25, 0.3) is 0 Å². The Kier molecular flexibility index (Phi) is 8.07. The van der Waals surface area contributed by atoms with Crippen LogP contribution in [0.3, 0.4) is 0 Å². The van der Waals surface area contributed by atoms with Gasteiger partial charge in [0.05, 0.1) is 19.3 Å². The quantitative estimate of drug-likeness (QED) is 0.706. The zero-order valence-corrected chi connectivity index (χ0v) is 12.5. The van der Waals surface area contributed by atoms with Gasteiger partial charge in [-0.25, -0.2) is 0 Å². The van der Waals surface area contributed by atoms with Gasteiger partial charge >= 0.3 is 0 Å². The average Bonchev–Trinajstić information content (AvgIpc) is 2.39. The van der Waals surface area contributed by atoms with Crippen molar-refractivity contribution in [3.8, 4) is 0 Å². The van der Waals surface area contributed by atoms with Crippen LogP contribution in [-0.4, -0.2) is 25.9 Å². The maximum atomic E-state index is 6.18. The molecule has 2 N–H and O–H groups in total. The Balaban J connectivity index is 2.44. The molecule has 0 bridgehead atoms. The summed E-state index contributed by atoms with van der Waals surface area (Å²) in [6.07, 6.45) is 2.04. The average molecular weight is 286 g/mol. The number of benzene rings is 1. The summed E-state index contributed by atoms with van der Waals surface area (Å²) in [6, 6.07) is 7.53. The van der Waals surface area contributed by atoms with Crippen LogP contribution in [0.5, 0.6) is 0 Å². The highest BCUT2D eigenvalue weighted by Crippen LogP contribution is 2.27. The fourth-order valence-electron chi connectivity index (χ4n) is 1.81. The first-order valence-electron chi connectivity index (χ1n) is 6.86. The molecule has 19 heavy (non-hydrogen) atoms. The van der Waals surface area contributed by atoms with E-state index in [9.17, 15) is 0 Å². The van der Waals surface area contributed by atoms with Gasteiger partial charge in [0.2, 0.25) is 0 Å². The van der Waals surface area contributed by atoms with Crippen molar-refractivity contribution >= 4 is 11.6 Å². The number of halogens is 1. The molecule has 2 unspecified atom stereocenters. The Morgan fingerprint density at radius 3 is 2.58 bits per heavy atom. The van der Waals surface area contributed by atoms with E-state index in [0.29, 0.717) is 18.2 Å². The molecule has 0 spiro atoms. The highest BCUT2D eigenvalue weighted by molar-refractivity contribution is 6.31. The summed E-state index contributed by atoms with van der Waals surface area (Å²) in [5, 5.41) is 0.691. The molecule has 0 fully saturated rings. The van der Waals surface area contributed by atoms with E-state index >= 15 is 0 Å². The molecule has 1 aromatic rings. The van der Waals surface area contributed by atoms with Gasteiger partial charge in [0.15, 0.2) is 0 Å². The largest absolute Gasteiger partial charge is 0.379 e. The van der Waals surface area contributed by atoms with E-state index in [1.165, 1.54) is 0 Å². The topological polar surface area (TPSA) is 44.5 Å². The zero-order valence-electron chi connectivity index (χ0n) is 11.8. The fourth-order valence-corrected chi connectivity index (χ4v) is 2.06. The van der Waals surface area contributed by atoms with Crippen molar-refractivity contribution in [1.29, 1.82) is 0 Å². The molecule has 0 aliphatic rings. The van der Waals surface area contributed by atoms with Gasteiger partial charge in [-0.3, -0.25) is 0 Å². The number of nitrogens with two attached hydrogens (primary N) is 1. The summed E-state index contributed by atoms with van der Waals surface area (Å²) in [5.74, 6) is 0. The van der Waals surface area contributed by atoms with Crippen LogP contribution in [0.2, 0.25) is 5.02 Å². The number of ether oxygens (including phenoxy) is 2. The zero-order chi connectivity index (χ0) is 14.1. The Morgan fingerprint density at radius 2 is 1.95 bits per heavy atom. The van der Waals surface area contributed by atoms with Crippen molar-refractivity contribution in [2.45, 2.75) is 38.8 Å². The first kappa shape index (κ1) is 16.4. The monoisotopic (exact) mass is 285 g/mol. The molecule has 0 amide bonds. The smallest absolute Gasteiger partial charge is 0.0988 e. The highest BCUT2D eigenvalue weighted by Gasteiger charge is 2.19. The maximum absolute atomic E-state index is 6.18. The van der Waals surface area contributed by atoms with Crippen LogP contribution in [0.15, 0.2) is 24.3 Å². The van der Waals surface area contributed by atoms with Crippen molar-refractivity contribution in [3.05, 3.63) is 34.9 Å². The van der Waals surface area contributed by atoms with Crippen molar-refractivity contribution < 1.29 is 9.47 Å². The standard InChI is InChI=1S/C15H24ClNO2/c1-3-4-9-18-10-11-19-15(12(2)17)13-7-5-6-8-14(13)16/h5-8,12,15H,3-4,9-11,17H2,1-2H3. The minimum atomic E-state index is -0.191. The SMILES string of the molecule is CCCCOCCOC(c1ccccc1Cl)C(C)N. The Hall–Kier alpha value is -0.610. The summed E-state index contributed by atoms with van der Waals surface area (Å²) in [6.45, 7) is 5.97. The van der Waals surface area contributed by atoms with E-state index in [2.05, 4.69) is 6.92 Å². The second kappa shape index (κ2) is 9.32. The minimum Gasteiger partial charge on any atom is -0.379 e. The van der Waals surface area contributed by atoms with Crippen LogP contribution in [-0.2, 0) is 9.47 Å². The van der Waals surface area contributed by atoms with Crippen LogP contribution in [0.1, 0.15) is 38.4 Å². The Morgan fingerprint density at radius 1 is 1.21 bits per heavy atom. The van der Waals surface area contributed by atoms with Crippen LogP contribution < -0.4 is 5.73 Å². The minimum absolute atomic E-state index is 0.115. The third kappa shape index (κ3) is 5.91. The lowest BCUT2D eigenvalue weighted by molar-refractivity contribution is -0.00524. The summed E-state index contributed by atoms with van der Waals surface area (Å²) in [5.41, 5.74) is 6.91. The third-order valence-electron chi connectivity index (χ3n) is 2.86. The molecular formula is C15H24ClNO2. The summed E-state index contributed by atoms with van der Waals surface area (Å²) < 4.78 is 11.3. The summed E-state index contributed by atoms with van der Waals surface area (Å²) >= 11 is 6.18. The lowest BCUT2D eigenvalue weighted by Gasteiger charge is -2.22. The van der Waals surface area contributed by atoms with Gasteiger partial charge in [-0.2, -0.15) is 0 Å². The van der Waals surface area contributed by atoms with E-state index < -0.39 is 0 Å². The predicted octanol–water partition coefficient (Wildman–Crippen LogP) is 3.56. The van der Waals surface area contributed by atoms with Gasteiger partial charge in [-0.05, 0) is 19.4 Å². The molecule has 3 nitrogen and oxygen atoms in total. The van der Waals surface area contributed by atoms with Crippen molar-refractivity contribution in [2.24, 2.45) is 5.73 Å². The van der Waals surface area contributed by atoms with E-state index in [1.807, 2.05) is 31.2 Å². The maximum Gasteiger partial charge on any atom is 0.0988 e. The molecule has 0 aliphatic carbocycles.